The molecule has 2 nitrogen and oxygen atoms in total. The summed E-state index contributed by atoms with van der Waals surface area (Å²) in [5.41, 5.74) is 3.56. The summed E-state index contributed by atoms with van der Waals surface area (Å²) in [6, 6.07) is 18.4. The number of amides is 1. The monoisotopic (exact) mass is 345 g/mol. The summed E-state index contributed by atoms with van der Waals surface area (Å²) in [4.78, 5) is 12.1. The van der Waals surface area contributed by atoms with E-state index in [0.717, 1.165) is 12.0 Å². The van der Waals surface area contributed by atoms with E-state index in [1.807, 2.05) is 36.4 Å². The molecule has 2 aromatic rings. The molecule has 1 amide bonds. The lowest BCUT2D eigenvalue weighted by atomic mass is 10.1. The Labute approximate surface area is 134 Å². The fraction of sp³-hybridized carbons (Fsp3) is 0.278. The first-order chi connectivity index (χ1) is 10.2. The van der Waals surface area contributed by atoms with Crippen LogP contribution in [-0.4, -0.2) is 11.2 Å². The van der Waals surface area contributed by atoms with E-state index in [-0.39, 0.29) is 11.9 Å². The number of alkyl halides is 1. The van der Waals surface area contributed by atoms with Gasteiger partial charge < -0.3 is 5.32 Å². The first kappa shape index (κ1) is 15.8. The molecule has 0 heterocycles. The van der Waals surface area contributed by atoms with Gasteiger partial charge in [-0.25, -0.2) is 0 Å². The van der Waals surface area contributed by atoms with Gasteiger partial charge >= 0.3 is 0 Å². The van der Waals surface area contributed by atoms with Crippen molar-refractivity contribution in [1.82, 2.24) is 5.32 Å². The molecule has 0 aliphatic carbocycles. The van der Waals surface area contributed by atoms with Crippen molar-refractivity contribution in [3.05, 3.63) is 71.3 Å². The molecule has 21 heavy (non-hydrogen) atoms. The number of carbonyl (C=O) groups excluding carboxylic acids is 1. The van der Waals surface area contributed by atoms with Gasteiger partial charge in [-0.2, -0.15) is 0 Å². The van der Waals surface area contributed by atoms with E-state index in [2.05, 4.69) is 46.4 Å². The number of hydrogen-bond acceptors (Lipinski definition) is 1. The molecule has 1 N–H and O–H groups in total. The lowest BCUT2D eigenvalue weighted by Gasteiger charge is -2.16. The van der Waals surface area contributed by atoms with Crippen molar-refractivity contribution >= 4 is 21.8 Å². The van der Waals surface area contributed by atoms with Crippen molar-refractivity contribution in [2.45, 2.75) is 25.8 Å². The Hall–Kier alpha value is -1.61. The van der Waals surface area contributed by atoms with E-state index in [1.54, 1.807) is 0 Å². The number of nitrogens with one attached hydrogen (secondary N) is 1. The molecule has 0 bridgehead atoms. The van der Waals surface area contributed by atoms with Crippen LogP contribution < -0.4 is 5.32 Å². The number of benzene rings is 2. The second-order valence-electron chi connectivity index (χ2n) is 5.17. The highest BCUT2D eigenvalue weighted by Crippen LogP contribution is 2.15. The van der Waals surface area contributed by atoms with Crippen LogP contribution in [-0.2, 0) is 11.2 Å². The van der Waals surface area contributed by atoms with Crippen LogP contribution in [0.15, 0.2) is 54.6 Å². The molecular formula is C18H20BrNO. The summed E-state index contributed by atoms with van der Waals surface area (Å²) in [6.07, 6.45) is 1.29. The highest BCUT2D eigenvalue weighted by atomic mass is 79.9. The Morgan fingerprint density at radius 1 is 1.14 bits per heavy atom. The van der Waals surface area contributed by atoms with Gasteiger partial charge in [0.15, 0.2) is 0 Å². The smallest absolute Gasteiger partial charge is 0.220 e. The van der Waals surface area contributed by atoms with Crippen molar-refractivity contribution in [3.8, 4) is 0 Å². The zero-order valence-electron chi connectivity index (χ0n) is 12.2. The first-order valence-corrected chi connectivity index (χ1v) is 8.27. The van der Waals surface area contributed by atoms with E-state index in [0.29, 0.717) is 11.8 Å². The average molecular weight is 346 g/mol. The Bertz CT molecular complexity index is 583. The third-order valence-corrected chi connectivity index (χ3v) is 4.06. The number of aryl methyl sites for hydroxylation is 2. The number of hydrogen-bond donors (Lipinski definition) is 1. The number of halogens is 1. The zero-order chi connectivity index (χ0) is 15.1. The molecule has 0 saturated heterocycles. The van der Waals surface area contributed by atoms with Gasteiger partial charge in [-0.05, 0) is 24.5 Å². The fourth-order valence-electron chi connectivity index (χ4n) is 2.29. The van der Waals surface area contributed by atoms with E-state index >= 15 is 0 Å². The van der Waals surface area contributed by atoms with Crippen LogP contribution in [0.25, 0.3) is 0 Å². The maximum Gasteiger partial charge on any atom is 0.220 e. The summed E-state index contributed by atoms with van der Waals surface area (Å²) in [5.74, 6) is 0.0878. The standard InChI is InChI=1S/C18H20BrNO/c1-14-6-5-7-15(12-14)10-11-18(21)20-17(13-19)16-8-3-2-4-9-16/h2-9,12,17H,10-11,13H2,1H3,(H,20,21). The molecule has 0 aromatic heterocycles. The molecule has 0 aliphatic heterocycles. The summed E-state index contributed by atoms with van der Waals surface area (Å²) < 4.78 is 0. The highest BCUT2D eigenvalue weighted by Gasteiger charge is 2.12. The summed E-state index contributed by atoms with van der Waals surface area (Å²) in [5, 5.41) is 3.80. The van der Waals surface area contributed by atoms with Crippen molar-refractivity contribution < 1.29 is 4.79 Å². The summed E-state index contributed by atoms with van der Waals surface area (Å²) in [7, 11) is 0. The minimum absolute atomic E-state index is 0.0243. The minimum Gasteiger partial charge on any atom is -0.348 e. The third kappa shape index (κ3) is 5.01. The van der Waals surface area contributed by atoms with Crippen LogP contribution in [0.5, 0.6) is 0 Å². The van der Waals surface area contributed by atoms with Gasteiger partial charge in [0.2, 0.25) is 5.91 Å². The molecule has 110 valence electrons. The van der Waals surface area contributed by atoms with Crippen LogP contribution in [0, 0.1) is 6.92 Å². The van der Waals surface area contributed by atoms with Gasteiger partial charge in [0.1, 0.15) is 0 Å². The van der Waals surface area contributed by atoms with Crippen LogP contribution in [0.3, 0.4) is 0 Å². The SMILES string of the molecule is Cc1cccc(CCC(=O)NC(CBr)c2ccccc2)c1. The molecule has 0 aliphatic rings. The van der Waals surface area contributed by atoms with E-state index < -0.39 is 0 Å². The molecule has 2 rings (SSSR count). The van der Waals surface area contributed by atoms with Crippen LogP contribution >= 0.6 is 15.9 Å². The lowest BCUT2D eigenvalue weighted by molar-refractivity contribution is -0.121. The summed E-state index contributed by atoms with van der Waals surface area (Å²) in [6.45, 7) is 2.07. The van der Waals surface area contributed by atoms with Crippen LogP contribution in [0.1, 0.15) is 29.2 Å². The lowest BCUT2D eigenvalue weighted by Crippen LogP contribution is -2.29. The van der Waals surface area contributed by atoms with Crippen molar-refractivity contribution in [1.29, 1.82) is 0 Å². The molecule has 1 unspecified atom stereocenters. The van der Waals surface area contributed by atoms with E-state index in [1.165, 1.54) is 11.1 Å². The predicted octanol–water partition coefficient (Wildman–Crippen LogP) is 4.18. The van der Waals surface area contributed by atoms with E-state index in [9.17, 15) is 4.79 Å². The molecule has 0 fully saturated rings. The van der Waals surface area contributed by atoms with Gasteiger partial charge in [0.25, 0.3) is 0 Å². The molecule has 3 heteroatoms. The topological polar surface area (TPSA) is 29.1 Å². The minimum atomic E-state index is 0.0243. The fourth-order valence-corrected chi connectivity index (χ4v) is 2.82. The van der Waals surface area contributed by atoms with Crippen LogP contribution in [0.4, 0.5) is 0 Å². The summed E-state index contributed by atoms with van der Waals surface area (Å²) >= 11 is 3.47. The highest BCUT2D eigenvalue weighted by molar-refractivity contribution is 9.09. The Morgan fingerprint density at radius 3 is 2.57 bits per heavy atom. The van der Waals surface area contributed by atoms with Gasteiger partial charge in [0, 0.05) is 11.8 Å². The van der Waals surface area contributed by atoms with Gasteiger partial charge in [-0.15, -0.1) is 0 Å². The van der Waals surface area contributed by atoms with Crippen molar-refractivity contribution in [3.63, 3.8) is 0 Å². The third-order valence-electron chi connectivity index (χ3n) is 3.41. The Balaban J connectivity index is 1.89. The first-order valence-electron chi connectivity index (χ1n) is 7.15. The molecule has 0 spiro atoms. The van der Waals surface area contributed by atoms with Crippen molar-refractivity contribution in [2.24, 2.45) is 0 Å². The molecular weight excluding hydrogens is 326 g/mol. The maximum atomic E-state index is 12.1. The Morgan fingerprint density at radius 2 is 1.90 bits per heavy atom. The number of carbonyl (C=O) groups is 1. The van der Waals surface area contributed by atoms with Crippen LogP contribution in [0.2, 0.25) is 0 Å². The average Bonchev–Trinajstić information content (AvgIpc) is 2.51. The maximum absolute atomic E-state index is 12.1. The second-order valence-corrected chi connectivity index (χ2v) is 5.82. The molecule has 2 aromatic carbocycles. The normalized spacial score (nSPS) is 11.9. The molecule has 0 radical (unpaired) electrons. The van der Waals surface area contributed by atoms with E-state index in [4.69, 9.17) is 0 Å². The quantitative estimate of drug-likeness (QED) is 0.781. The largest absolute Gasteiger partial charge is 0.348 e. The molecule has 1 atom stereocenters. The van der Waals surface area contributed by atoms with Gasteiger partial charge in [-0.3, -0.25) is 4.79 Å². The Kier molecular flexibility index (Phi) is 6.00. The van der Waals surface area contributed by atoms with Gasteiger partial charge in [0.05, 0.1) is 6.04 Å². The van der Waals surface area contributed by atoms with Crippen molar-refractivity contribution in [2.75, 3.05) is 5.33 Å². The predicted molar refractivity (Wildman–Crippen MR) is 90.6 cm³/mol. The zero-order valence-corrected chi connectivity index (χ0v) is 13.8. The van der Waals surface area contributed by atoms with Gasteiger partial charge in [-0.1, -0.05) is 76.1 Å². The molecule has 0 saturated carbocycles. The number of rotatable bonds is 6. The second kappa shape index (κ2) is 7.99.